The van der Waals surface area contributed by atoms with E-state index < -0.39 is 17.3 Å². The number of oxazole rings is 1. The first-order valence-electron chi connectivity index (χ1n) is 4.41. The molecule has 5 heteroatoms. The largest absolute Gasteiger partial charge is 0.436 e. The van der Waals surface area contributed by atoms with Crippen LogP contribution >= 0.6 is 0 Å². The third-order valence-corrected chi connectivity index (χ3v) is 2.32. The van der Waals surface area contributed by atoms with Gasteiger partial charge in [-0.25, -0.2) is 4.98 Å². The number of aromatic nitrogens is 1. The third-order valence-electron chi connectivity index (χ3n) is 2.32. The molecule has 1 aromatic heterocycles. The normalized spacial score (nSPS) is 19.8. The molecule has 0 radical (unpaired) electrons. The SMILES string of the molecule is Cc1nc(C2(O)CC2)oc1C(C)(F)F. The van der Waals surface area contributed by atoms with Gasteiger partial charge in [0.1, 0.15) is 5.60 Å². The highest BCUT2D eigenvalue weighted by Gasteiger charge is 2.48. The molecule has 78 valence electrons. The maximum atomic E-state index is 12.9. The van der Waals surface area contributed by atoms with Crippen LogP contribution in [0.1, 0.15) is 37.1 Å². The molecule has 0 atom stereocenters. The van der Waals surface area contributed by atoms with Crippen LogP contribution < -0.4 is 0 Å². The fourth-order valence-electron chi connectivity index (χ4n) is 1.34. The van der Waals surface area contributed by atoms with Crippen LogP contribution in [0.3, 0.4) is 0 Å². The average Bonchev–Trinajstić information content (AvgIpc) is 2.61. The molecule has 1 fully saturated rings. The molecule has 1 heterocycles. The van der Waals surface area contributed by atoms with Gasteiger partial charge >= 0.3 is 5.92 Å². The molecule has 1 aliphatic rings. The van der Waals surface area contributed by atoms with Gasteiger partial charge in [-0.1, -0.05) is 0 Å². The van der Waals surface area contributed by atoms with Gasteiger partial charge in [-0.3, -0.25) is 0 Å². The zero-order valence-corrected chi connectivity index (χ0v) is 7.97. The van der Waals surface area contributed by atoms with Gasteiger partial charge in [0.05, 0.1) is 5.69 Å². The van der Waals surface area contributed by atoms with Gasteiger partial charge in [0.25, 0.3) is 0 Å². The van der Waals surface area contributed by atoms with E-state index in [1.54, 1.807) is 0 Å². The van der Waals surface area contributed by atoms with Crippen LogP contribution in [0.5, 0.6) is 0 Å². The zero-order valence-electron chi connectivity index (χ0n) is 7.97. The van der Waals surface area contributed by atoms with Crippen molar-refractivity contribution in [1.29, 1.82) is 0 Å². The van der Waals surface area contributed by atoms with Crippen molar-refractivity contribution in [3.05, 3.63) is 17.3 Å². The van der Waals surface area contributed by atoms with Crippen molar-refractivity contribution in [1.82, 2.24) is 4.98 Å². The Morgan fingerprint density at radius 2 is 2.07 bits per heavy atom. The van der Waals surface area contributed by atoms with E-state index in [9.17, 15) is 13.9 Å². The first kappa shape index (κ1) is 9.58. The Bertz CT molecular complexity index is 363. The van der Waals surface area contributed by atoms with Crippen molar-refractivity contribution in [2.75, 3.05) is 0 Å². The summed E-state index contributed by atoms with van der Waals surface area (Å²) in [6.07, 6.45) is 1.06. The van der Waals surface area contributed by atoms with Crippen LogP contribution in [0.25, 0.3) is 0 Å². The van der Waals surface area contributed by atoms with Gasteiger partial charge in [-0.15, -0.1) is 0 Å². The maximum Gasteiger partial charge on any atom is 0.303 e. The van der Waals surface area contributed by atoms with E-state index in [1.807, 2.05) is 0 Å². The summed E-state index contributed by atoms with van der Waals surface area (Å²) in [4.78, 5) is 3.81. The molecule has 1 aromatic rings. The van der Waals surface area contributed by atoms with Crippen LogP contribution in [0.4, 0.5) is 8.78 Å². The molecular weight excluding hydrogens is 192 g/mol. The standard InChI is InChI=1S/C9H11F2NO2/c1-5-6(8(2,10)11)14-7(12-5)9(13)3-4-9/h13H,3-4H2,1-2H3. The summed E-state index contributed by atoms with van der Waals surface area (Å²) in [7, 11) is 0. The van der Waals surface area contributed by atoms with Gasteiger partial charge in [0.15, 0.2) is 5.76 Å². The van der Waals surface area contributed by atoms with Crippen molar-refractivity contribution in [2.45, 2.75) is 38.2 Å². The smallest absolute Gasteiger partial charge is 0.303 e. The number of nitrogens with zero attached hydrogens (tertiary/aromatic N) is 1. The highest BCUT2D eigenvalue weighted by atomic mass is 19.3. The van der Waals surface area contributed by atoms with Gasteiger partial charge in [0, 0.05) is 6.92 Å². The Hall–Kier alpha value is -0.970. The quantitative estimate of drug-likeness (QED) is 0.800. The predicted molar refractivity (Wildman–Crippen MR) is 43.9 cm³/mol. The Balaban J connectivity index is 2.40. The highest BCUT2D eigenvalue weighted by molar-refractivity contribution is 5.18. The van der Waals surface area contributed by atoms with E-state index in [1.165, 1.54) is 6.92 Å². The molecule has 0 aromatic carbocycles. The molecule has 0 unspecified atom stereocenters. The summed E-state index contributed by atoms with van der Waals surface area (Å²) in [5.74, 6) is -3.47. The fourth-order valence-corrected chi connectivity index (χ4v) is 1.34. The maximum absolute atomic E-state index is 12.9. The number of aliphatic hydroxyl groups is 1. The number of alkyl halides is 2. The summed E-state index contributed by atoms with van der Waals surface area (Å²) in [5.41, 5.74) is -0.943. The molecule has 1 saturated carbocycles. The Kier molecular flexibility index (Phi) is 1.73. The lowest BCUT2D eigenvalue weighted by molar-refractivity contribution is -0.0105. The van der Waals surface area contributed by atoms with Crippen molar-refractivity contribution in [3.8, 4) is 0 Å². The second kappa shape index (κ2) is 2.53. The molecule has 0 amide bonds. The lowest BCUT2D eigenvalue weighted by Crippen LogP contribution is -2.07. The molecule has 3 nitrogen and oxygen atoms in total. The molecule has 0 bridgehead atoms. The predicted octanol–water partition coefficient (Wildman–Crippen LogP) is 2.08. The lowest BCUT2D eigenvalue weighted by atomic mass is 10.2. The van der Waals surface area contributed by atoms with Gasteiger partial charge in [-0.05, 0) is 19.8 Å². The molecule has 1 aliphatic carbocycles. The minimum absolute atomic E-state index is 0.0199. The van der Waals surface area contributed by atoms with E-state index in [0.717, 1.165) is 6.92 Å². The summed E-state index contributed by atoms with van der Waals surface area (Å²) < 4.78 is 30.7. The average molecular weight is 203 g/mol. The minimum Gasteiger partial charge on any atom is -0.436 e. The highest BCUT2D eigenvalue weighted by Crippen LogP contribution is 2.46. The van der Waals surface area contributed by atoms with E-state index in [2.05, 4.69) is 4.98 Å². The minimum atomic E-state index is -3.04. The molecule has 0 aliphatic heterocycles. The molecule has 1 N–H and O–H groups in total. The van der Waals surface area contributed by atoms with Crippen LogP contribution in [0.15, 0.2) is 4.42 Å². The topological polar surface area (TPSA) is 46.3 Å². The zero-order chi connectivity index (χ0) is 10.6. The van der Waals surface area contributed by atoms with E-state index in [4.69, 9.17) is 4.42 Å². The molecule has 2 rings (SSSR count). The van der Waals surface area contributed by atoms with Crippen LogP contribution in [0, 0.1) is 6.92 Å². The molecular formula is C9H11F2NO2. The first-order valence-corrected chi connectivity index (χ1v) is 4.41. The number of rotatable bonds is 2. The molecule has 0 spiro atoms. The molecule has 14 heavy (non-hydrogen) atoms. The number of hydrogen-bond acceptors (Lipinski definition) is 3. The second-order valence-corrected chi connectivity index (χ2v) is 3.85. The summed E-state index contributed by atoms with van der Waals surface area (Å²) >= 11 is 0. The van der Waals surface area contributed by atoms with E-state index in [0.29, 0.717) is 12.8 Å². The van der Waals surface area contributed by atoms with Crippen molar-refractivity contribution >= 4 is 0 Å². The van der Waals surface area contributed by atoms with E-state index >= 15 is 0 Å². The Morgan fingerprint density at radius 3 is 2.43 bits per heavy atom. The fraction of sp³-hybridized carbons (Fsp3) is 0.667. The summed E-state index contributed by atoms with van der Waals surface area (Å²) in [5, 5.41) is 9.60. The van der Waals surface area contributed by atoms with Gasteiger partial charge in [-0.2, -0.15) is 8.78 Å². The van der Waals surface area contributed by atoms with Crippen LogP contribution in [0.2, 0.25) is 0 Å². The van der Waals surface area contributed by atoms with Crippen LogP contribution in [-0.4, -0.2) is 10.1 Å². The number of halogens is 2. The first-order chi connectivity index (χ1) is 6.33. The van der Waals surface area contributed by atoms with Gasteiger partial charge < -0.3 is 9.52 Å². The monoisotopic (exact) mass is 203 g/mol. The van der Waals surface area contributed by atoms with Crippen molar-refractivity contribution in [3.63, 3.8) is 0 Å². The Labute approximate surface area is 79.8 Å². The molecule has 0 saturated heterocycles. The third kappa shape index (κ3) is 1.41. The van der Waals surface area contributed by atoms with Gasteiger partial charge in [0.2, 0.25) is 5.89 Å². The van der Waals surface area contributed by atoms with Crippen LogP contribution in [-0.2, 0) is 11.5 Å². The summed E-state index contributed by atoms with van der Waals surface area (Å²) in [6, 6.07) is 0. The summed E-state index contributed by atoms with van der Waals surface area (Å²) in [6.45, 7) is 2.20. The van der Waals surface area contributed by atoms with E-state index in [-0.39, 0.29) is 11.6 Å². The number of aryl methyl sites for hydroxylation is 1. The lowest BCUT2D eigenvalue weighted by Gasteiger charge is -2.06. The van der Waals surface area contributed by atoms with Crippen molar-refractivity contribution < 1.29 is 18.3 Å². The second-order valence-electron chi connectivity index (χ2n) is 3.85. The number of hydrogen-bond donors (Lipinski definition) is 1. The van der Waals surface area contributed by atoms with Crippen molar-refractivity contribution in [2.24, 2.45) is 0 Å². The Morgan fingerprint density at radius 1 is 1.50 bits per heavy atom.